The van der Waals surface area contributed by atoms with Gasteiger partial charge in [0.25, 0.3) is 0 Å². The molecule has 2 aliphatic rings. The predicted molar refractivity (Wildman–Crippen MR) is 56.5 cm³/mol. The summed E-state index contributed by atoms with van der Waals surface area (Å²) in [5.41, 5.74) is 0. The highest BCUT2D eigenvalue weighted by Gasteiger charge is 2.43. The van der Waals surface area contributed by atoms with Crippen LogP contribution in [0.15, 0.2) is 0 Å². The lowest BCUT2D eigenvalue weighted by atomic mass is 9.84. The summed E-state index contributed by atoms with van der Waals surface area (Å²) in [7, 11) is 0. The second-order valence-corrected chi connectivity index (χ2v) is 4.78. The lowest BCUT2D eigenvalue weighted by Gasteiger charge is -2.35. The lowest BCUT2D eigenvalue weighted by Crippen LogP contribution is -2.35. The van der Waals surface area contributed by atoms with Gasteiger partial charge in [-0.15, -0.1) is 11.6 Å². The molecule has 1 heterocycles. The van der Waals surface area contributed by atoms with Gasteiger partial charge >= 0.3 is 0 Å². The van der Waals surface area contributed by atoms with Crippen molar-refractivity contribution in [2.45, 2.75) is 50.9 Å². The van der Waals surface area contributed by atoms with E-state index in [1.54, 1.807) is 0 Å². The molecule has 82 valence electrons. The smallest absolute Gasteiger partial charge is 0.168 e. The van der Waals surface area contributed by atoms with E-state index < -0.39 is 0 Å². The number of hydrogen-bond donors (Lipinski definition) is 0. The van der Waals surface area contributed by atoms with Crippen LogP contribution >= 0.6 is 11.6 Å². The van der Waals surface area contributed by atoms with Crippen LogP contribution in [0, 0.1) is 5.92 Å². The molecule has 2 nitrogen and oxygen atoms in total. The maximum atomic E-state index is 5.88. The largest absolute Gasteiger partial charge is 0.347 e. The second kappa shape index (κ2) is 4.38. The van der Waals surface area contributed by atoms with Crippen LogP contribution in [0.1, 0.15) is 39.0 Å². The molecule has 2 rings (SSSR count). The van der Waals surface area contributed by atoms with Gasteiger partial charge in [0.2, 0.25) is 0 Å². The summed E-state index contributed by atoms with van der Waals surface area (Å²) in [4.78, 5) is 0. The van der Waals surface area contributed by atoms with Crippen molar-refractivity contribution in [2.75, 3.05) is 12.5 Å². The summed E-state index contributed by atoms with van der Waals surface area (Å²) in [6, 6.07) is 0. The van der Waals surface area contributed by atoms with Crippen molar-refractivity contribution in [3.63, 3.8) is 0 Å². The summed E-state index contributed by atoms with van der Waals surface area (Å²) >= 11 is 5.76. The van der Waals surface area contributed by atoms with E-state index in [0.717, 1.165) is 18.8 Å². The van der Waals surface area contributed by atoms with E-state index in [1.165, 1.54) is 19.3 Å². The summed E-state index contributed by atoms with van der Waals surface area (Å²) in [6.45, 7) is 2.95. The zero-order chi connectivity index (χ0) is 10.0. The van der Waals surface area contributed by atoms with Gasteiger partial charge in [0.1, 0.15) is 0 Å². The van der Waals surface area contributed by atoms with Crippen molar-refractivity contribution in [1.82, 2.24) is 0 Å². The lowest BCUT2D eigenvalue weighted by molar-refractivity contribution is -0.190. The fourth-order valence-electron chi connectivity index (χ4n) is 2.48. The van der Waals surface area contributed by atoms with Crippen molar-refractivity contribution >= 4 is 11.6 Å². The van der Waals surface area contributed by atoms with Crippen molar-refractivity contribution in [2.24, 2.45) is 5.92 Å². The Morgan fingerprint density at radius 1 is 1.36 bits per heavy atom. The molecule has 0 bridgehead atoms. The number of halogens is 1. The first-order valence-corrected chi connectivity index (χ1v) is 6.19. The maximum absolute atomic E-state index is 5.88. The molecule has 1 saturated heterocycles. The van der Waals surface area contributed by atoms with Gasteiger partial charge in [-0.2, -0.15) is 0 Å². The Labute approximate surface area is 90.9 Å². The summed E-state index contributed by atoms with van der Waals surface area (Å²) in [5.74, 6) is 1.17. The minimum Gasteiger partial charge on any atom is -0.347 e. The van der Waals surface area contributed by atoms with Crippen LogP contribution in [0.5, 0.6) is 0 Å². The molecule has 0 radical (unpaired) electrons. The highest BCUT2D eigenvalue weighted by Crippen LogP contribution is 2.40. The number of hydrogen-bond acceptors (Lipinski definition) is 2. The van der Waals surface area contributed by atoms with E-state index in [2.05, 4.69) is 6.92 Å². The minimum absolute atomic E-state index is 0.120. The number of alkyl halides is 1. The van der Waals surface area contributed by atoms with E-state index in [4.69, 9.17) is 21.1 Å². The van der Waals surface area contributed by atoms with Gasteiger partial charge in [-0.05, 0) is 18.8 Å². The third-order valence-corrected chi connectivity index (χ3v) is 3.87. The topological polar surface area (TPSA) is 18.5 Å². The van der Waals surface area contributed by atoms with Gasteiger partial charge in [0.15, 0.2) is 5.79 Å². The Morgan fingerprint density at radius 2 is 2.07 bits per heavy atom. The Bertz CT molecular complexity index is 188. The van der Waals surface area contributed by atoms with Gasteiger partial charge in [0.05, 0.1) is 18.6 Å². The van der Waals surface area contributed by atoms with Crippen molar-refractivity contribution in [3.8, 4) is 0 Å². The molecule has 0 N–H and O–H groups in total. The van der Waals surface area contributed by atoms with Crippen LogP contribution in [0.25, 0.3) is 0 Å². The van der Waals surface area contributed by atoms with Crippen LogP contribution in [0.3, 0.4) is 0 Å². The third kappa shape index (κ3) is 2.07. The van der Waals surface area contributed by atoms with Crippen LogP contribution in [-0.2, 0) is 9.47 Å². The first kappa shape index (κ1) is 10.7. The molecule has 1 aliphatic heterocycles. The molecule has 0 aromatic rings. The van der Waals surface area contributed by atoms with Crippen LogP contribution < -0.4 is 0 Å². The van der Waals surface area contributed by atoms with Gasteiger partial charge in [-0.1, -0.05) is 13.3 Å². The van der Waals surface area contributed by atoms with Crippen molar-refractivity contribution < 1.29 is 9.47 Å². The molecule has 1 spiro atoms. The average molecular weight is 219 g/mol. The zero-order valence-electron chi connectivity index (χ0n) is 8.80. The van der Waals surface area contributed by atoms with E-state index in [-0.39, 0.29) is 11.9 Å². The monoisotopic (exact) mass is 218 g/mol. The fourth-order valence-corrected chi connectivity index (χ4v) is 2.63. The first-order valence-electron chi connectivity index (χ1n) is 5.66. The average Bonchev–Trinajstić information content (AvgIpc) is 2.63. The third-order valence-electron chi connectivity index (χ3n) is 3.53. The number of ether oxygens (including phenoxy) is 2. The molecule has 0 amide bonds. The van der Waals surface area contributed by atoms with Gasteiger partial charge in [0, 0.05) is 12.8 Å². The Kier molecular flexibility index (Phi) is 3.35. The normalized spacial score (nSPS) is 43.3. The molecule has 0 aromatic carbocycles. The molecular weight excluding hydrogens is 200 g/mol. The first-order chi connectivity index (χ1) is 6.78. The maximum Gasteiger partial charge on any atom is 0.168 e. The minimum atomic E-state index is -0.259. The second-order valence-electron chi connectivity index (χ2n) is 4.47. The van der Waals surface area contributed by atoms with E-state index in [1.807, 2.05) is 0 Å². The molecule has 1 atom stereocenters. The zero-order valence-corrected chi connectivity index (χ0v) is 9.55. The van der Waals surface area contributed by atoms with Gasteiger partial charge in [-0.3, -0.25) is 0 Å². The number of rotatable bonds is 2. The van der Waals surface area contributed by atoms with E-state index in [9.17, 15) is 0 Å². The molecule has 0 aromatic heterocycles. The summed E-state index contributed by atoms with van der Waals surface area (Å²) < 4.78 is 11.6. The molecular formula is C11H19ClO2. The fraction of sp³-hybridized carbons (Fsp3) is 1.00. The quantitative estimate of drug-likeness (QED) is 0.664. The molecule has 1 saturated carbocycles. The summed E-state index contributed by atoms with van der Waals surface area (Å²) in [6.07, 6.45) is 6.00. The molecule has 3 heteroatoms. The van der Waals surface area contributed by atoms with Gasteiger partial charge in [-0.25, -0.2) is 0 Å². The Balaban J connectivity index is 1.87. The van der Waals surface area contributed by atoms with Gasteiger partial charge < -0.3 is 9.47 Å². The van der Waals surface area contributed by atoms with Crippen LogP contribution in [-0.4, -0.2) is 24.4 Å². The molecule has 2 fully saturated rings. The highest BCUT2D eigenvalue weighted by atomic mass is 35.5. The van der Waals surface area contributed by atoms with Crippen molar-refractivity contribution in [1.29, 1.82) is 0 Å². The van der Waals surface area contributed by atoms with E-state index in [0.29, 0.717) is 12.5 Å². The predicted octanol–water partition coefficient (Wildman–Crippen LogP) is 2.94. The molecule has 14 heavy (non-hydrogen) atoms. The standard InChI is InChI=1S/C11H19ClO2/c1-2-9-3-5-11(6-4-9)13-8-10(7-12)14-11/h9-10H,2-8H2,1H3. The Morgan fingerprint density at radius 3 is 2.57 bits per heavy atom. The van der Waals surface area contributed by atoms with E-state index >= 15 is 0 Å². The van der Waals surface area contributed by atoms with Crippen molar-refractivity contribution in [3.05, 3.63) is 0 Å². The molecule has 1 unspecified atom stereocenters. The SMILES string of the molecule is CCC1CCC2(CC1)OCC(CCl)O2. The van der Waals surface area contributed by atoms with Crippen LogP contribution in [0.4, 0.5) is 0 Å². The summed E-state index contributed by atoms with van der Waals surface area (Å²) in [5, 5.41) is 0. The Hall–Kier alpha value is 0.210. The molecule has 1 aliphatic carbocycles. The van der Waals surface area contributed by atoms with Crippen LogP contribution in [0.2, 0.25) is 0 Å². The highest BCUT2D eigenvalue weighted by molar-refractivity contribution is 6.18.